The first-order chi connectivity index (χ1) is 5.75. The highest BCUT2D eigenvalue weighted by Gasteiger charge is 2.35. The maximum Gasteiger partial charge on any atom is 0.0204 e. The third kappa shape index (κ3) is 1.82. The molecular formula is C11H23N. The largest absolute Gasteiger partial charge is 0.311 e. The van der Waals surface area contributed by atoms with Gasteiger partial charge in [0.15, 0.2) is 0 Å². The summed E-state index contributed by atoms with van der Waals surface area (Å²) in [6.07, 6.45) is 6.77. The second kappa shape index (κ2) is 4.27. The number of nitrogens with one attached hydrogen (secondary N) is 1. The Morgan fingerprint density at radius 1 is 1.42 bits per heavy atom. The monoisotopic (exact) mass is 169 g/mol. The van der Waals surface area contributed by atoms with Gasteiger partial charge in [-0.1, -0.05) is 27.2 Å². The SMILES string of the molecule is CCCC(C)C1(CC)CCCN1. The Balaban J connectivity index is 2.52. The molecule has 1 heteroatoms. The molecule has 2 atom stereocenters. The molecule has 1 heterocycles. The summed E-state index contributed by atoms with van der Waals surface area (Å²) in [5.74, 6) is 0.856. The molecule has 1 nitrogen and oxygen atoms in total. The van der Waals surface area contributed by atoms with Crippen molar-refractivity contribution in [2.75, 3.05) is 6.54 Å². The van der Waals surface area contributed by atoms with Crippen LogP contribution in [0.5, 0.6) is 0 Å². The van der Waals surface area contributed by atoms with Gasteiger partial charge in [0.2, 0.25) is 0 Å². The molecule has 72 valence electrons. The molecule has 1 rings (SSSR count). The van der Waals surface area contributed by atoms with Gasteiger partial charge >= 0.3 is 0 Å². The first-order valence-corrected chi connectivity index (χ1v) is 5.50. The summed E-state index contributed by atoms with van der Waals surface area (Å²) >= 11 is 0. The predicted molar refractivity (Wildman–Crippen MR) is 54.3 cm³/mol. The molecule has 2 unspecified atom stereocenters. The Bertz CT molecular complexity index is 125. The summed E-state index contributed by atoms with van der Waals surface area (Å²) in [6, 6.07) is 0. The van der Waals surface area contributed by atoms with Gasteiger partial charge in [0, 0.05) is 5.54 Å². The van der Waals surface area contributed by atoms with Crippen molar-refractivity contribution in [2.45, 2.75) is 58.4 Å². The molecule has 12 heavy (non-hydrogen) atoms. The van der Waals surface area contributed by atoms with Gasteiger partial charge in [-0.15, -0.1) is 0 Å². The fourth-order valence-electron chi connectivity index (χ4n) is 2.61. The zero-order chi connectivity index (χ0) is 9.03. The van der Waals surface area contributed by atoms with E-state index in [2.05, 4.69) is 26.1 Å². The molecule has 1 N–H and O–H groups in total. The fourth-order valence-corrected chi connectivity index (χ4v) is 2.61. The van der Waals surface area contributed by atoms with Crippen LogP contribution in [0.2, 0.25) is 0 Å². The lowest BCUT2D eigenvalue weighted by Crippen LogP contribution is -2.45. The molecule has 0 bridgehead atoms. The van der Waals surface area contributed by atoms with Crippen LogP contribution in [0.3, 0.4) is 0 Å². The molecule has 0 amide bonds. The molecule has 1 saturated heterocycles. The van der Waals surface area contributed by atoms with Crippen molar-refractivity contribution in [3.8, 4) is 0 Å². The lowest BCUT2D eigenvalue weighted by molar-refractivity contribution is 0.231. The van der Waals surface area contributed by atoms with Gasteiger partial charge in [0.25, 0.3) is 0 Å². The predicted octanol–water partition coefficient (Wildman–Crippen LogP) is 2.95. The van der Waals surface area contributed by atoms with Crippen molar-refractivity contribution >= 4 is 0 Å². The van der Waals surface area contributed by atoms with Crippen LogP contribution in [-0.2, 0) is 0 Å². The molecule has 0 saturated carbocycles. The smallest absolute Gasteiger partial charge is 0.0204 e. The Morgan fingerprint density at radius 2 is 2.17 bits per heavy atom. The average molecular weight is 169 g/mol. The summed E-state index contributed by atoms with van der Waals surface area (Å²) in [7, 11) is 0. The summed E-state index contributed by atoms with van der Waals surface area (Å²) in [6.45, 7) is 8.26. The van der Waals surface area contributed by atoms with Crippen LogP contribution < -0.4 is 5.32 Å². The van der Waals surface area contributed by atoms with Crippen molar-refractivity contribution in [3.05, 3.63) is 0 Å². The third-order valence-corrected chi connectivity index (χ3v) is 3.57. The number of rotatable bonds is 4. The molecule has 0 aromatic heterocycles. The second-order valence-electron chi connectivity index (χ2n) is 4.23. The van der Waals surface area contributed by atoms with Crippen LogP contribution in [0, 0.1) is 5.92 Å². The number of hydrogen-bond donors (Lipinski definition) is 1. The molecule has 0 aromatic carbocycles. The Labute approximate surface area is 76.9 Å². The molecule has 0 radical (unpaired) electrons. The minimum Gasteiger partial charge on any atom is -0.311 e. The van der Waals surface area contributed by atoms with E-state index in [1.165, 1.54) is 38.6 Å². The Hall–Kier alpha value is -0.0400. The quantitative estimate of drug-likeness (QED) is 0.682. The van der Waals surface area contributed by atoms with E-state index in [4.69, 9.17) is 0 Å². The van der Waals surface area contributed by atoms with Crippen LogP contribution in [0.4, 0.5) is 0 Å². The van der Waals surface area contributed by atoms with Crippen molar-refractivity contribution < 1.29 is 0 Å². The first-order valence-electron chi connectivity index (χ1n) is 5.50. The maximum atomic E-state index is 3.70. The van der Waals surface area contributed by atoms with Gasteiger partial charge in [0.05, 0.1) is 0 Å². The van der Waals surface area contributed by atoms with E-state index in [1.807, 2.05) is 0 Å². The molecule has 0 aliphatic carbocycles. The minimum absolute atomic E-state index is 0.496. The summed E-state index contributed by atoms with van der Waals surface area (Å²) in [4.78, 5) is 0. The second-order valence-corrected chi connectivity index (χ2v) is 4.23. The van der Waals surface area contributed by atoms with Crippen LogP contribution in [0.1, 0.15) is 52.9 Å². The first kappa shape index (κ1) is 10.0. The molecule has 0 spiro atoms. The van der Waals surface area contributed by atoms with E-state index in [0.717, 1.165) is 5.92 Å². The van der Waals surface area contributed by atoms with E-state index in [-0.39, 0.29) is 0 Å². The molecule has 1 aliphatic heterocycles. The van der Waals surface area contributed by atoms with Crippen molar-refractivity contribution in [3.63, 3.8) is 0 Å². The van der Waals surface area contributed by atoms with E-state index < -0.39 is 0 Å². The standard InChI is InChI=1S/C11H23N/c1-4-7-10(3)11(5-2)8-6-9-12-11/h10,12H,4-9H2,1-3H3. The van der Waals surface area contributed by atoms with Crippen LogP contribution in [0.15, 0.2) is 0 Å². The third-order valence-electron chi connectivity index (χ3n) is 3.57. The van der Waals surface area contributed by atoms with Gasteiger partial charge in [-0.05, 0) is 38.1 Å². The summed E-state index contributed by atoms with van der Waals surface area (Å²) < 4.78 is 0. The summed E-state index contributed by atoms with van der Waals surface area (Å²) in [5, 5.41) is 3.70. The van der Waals surface area contributed by atoms with Crippen molar-refractivity contribution in [2.24, 2.45) is 5.92 Å². The normalized spacial score (nSPS) is 32.2. The Morgan fingerprint density at radius 3 is 2.58 bits per heavy atom. The lowest BCUT2D eigenvalue weighted by Gasteiger charge is -2.35. The van der Waals surface area contributed by atoms with Gasteiger partial charge in [-0.25, -0.2) is 0 Å². The molecule has 1 fully saturated rings. The highest BCUT2D eigenvalue weighted by molar-refractivity contribution is 4.95. The van der Waals surface area contributed by atoms with E-state index in [9.17, 15) is 0 Å². The zero-order valence-electron chi connectivity index (χ0n) is 8.82. The van der Waals surface area contributed by atoms with Crippen LogP contribution in [-0.4, -0.2) is 12.1 Å². The van der Waals surface area contributed by atoms with Gasteiger partial charge in [0.1, 0.15) is 0 Å². The van der Waals surface area contributed by atoms with Gasteiger partial charge in [-0.2, -0.15) is 0 Å². The molecular weight excluding hydrogens is 146 g/mol. The van der Waals surface area contributed by atoms with Crippen molar-refractivity contribution in [1.82, 2.24) is 5.32 Å². The minimum atomic E-state index is 0.496. The molecule has 1 aliphatic rings. The van der Waals surface area contributed by atoms with Gasteiger partial charge in [-0.3, -0.25) is 0 Å². The Kier molecular flexibility index (Phi) is 3.57. The molecule has 0 aromatic rings. The topological polar surface area (TPSA) is 12.0 Å². The zero-order valence-corrected chi connectivity index (χ0v) is 8.82. The average Bonchev–Trinajstić information content (AvgIpc) is 2.54. The fraction of sp³-hybridized carbons (Fsp3) is 1.00. The number of hydrogen-bond acceptors (Lipinski definition) is 1. The highest BCUT2D eigenvalue weighted by atomic mass is 15.0. The van der Waals surface area contributed by atoms with Gasteiger partial charge < -0.3 is 5.32 Å². The van der Waals surface area contributed by atoms with E-state index >= 15 is 0 Å². The highest BCUT2D eigenvalue weighted by Crippen LogP contribution is 2.33. The van der Waals surface area contributed by atoms with Crippen LogP contribution in [0.25, 0.3) is 0 Å². The van der Waals surface area contributed by atoms with Crippen molar-refractivity contribution in [1.29, 1.82) is 0 Å². The summed E-state index contributed by atoms with van der Waals surface area (Å²) in [5.41, 5.74) is 0.496. The van der Waals surface area contributed by atoms with E-state index in [1.54, 1.807) is 0 Å². The lowest BCUT2D eigenvalue weighted by atomic mass is 9.79. The van der Waals surface area contributed by atoms with Crippen LogP contribution >= 0.6 is 0 Å². The maximum absolute atomic E-state index is 3.70. The van der Waals surface area contributed by atoms with E-state index in [0.29, 0.717) is 5.54 Å².